The second-order valence-corrected chi connectivity index (χ2v) is 8.47. The number of benzene rings is 2. The van der Waals surface area contributed by atoms with Gasteiger partial charge in [-0.1, -0.05) is 17.7 Å². The van der Waals surface area contributed by atoms with E-state index in [-0.39, 0.29) is 5.91 Å². The maximum atomic E-state index is 12.5. The number of carbonyl (C=O) groups is 1. The zero-order chi connectivity index (χ0) is 22.0. The van der Waals surface area contributed by atoms with Crippen LogP contribution in [-0.4, -0.2) is 29.8 Å². The molecular formula is C25H27ClN4O. The van der Waals surface area contributed by atoms with Crippen molar-refractivity contribution >= 4 is 29.4 Å². The summed E-state index contributed by atoms with van der Waals surface area (Å²) in [5.74, 6) is -0.219. The SMILES string of the molecule is Cc1ccc(Cl)cc1-n1c(C)cc(/C=N\NC(=O)c2ccc(N3CCCC3)cc2)c1C. The molecule has 2 aromatic carbocycles. The van der Waals surface area contributed by atoms with E-state index in [0.717, 1.165) is 41.3 Å². The molecule has 0 atom stereocenters. The molecule has 1 aliphatic rings. The standard InChI is InChI=1S/C25H27ClN4O/c1-17-6-9-22(26)15-24(17)30-18(2)14-21(19(30)3)16-27-28-25(31)20-7-10-23(11-8-20)29-12-4-5-13-29/h6-11,14-16H,4-5,12-13H2,1-3H3,(H,28,31)/b27-16-. The molecule has 4 rings (SSSR count). The number of nitrogens with zero attached hydrogens (tertiary/aromatic N) is 3. The highest BCUT2D eigenvalue weighted by Crippen LogP contribution is 2.25. The second kappa shape index (κ2) is 8.98. The Balaban J connectivity index is 1.46. The van der Waals surface area contributed by atoms with Crippen molar-refractivity contribution in [3.8, 4) is 5.69 Å². The number of aromatic nitrogens is 1. The summed E-state index contributed by atoms with van der Waals surface area (Å²) in [4.78, 5) is 14.8. The molecule has 0 spiro atoms. The minimum absolute atomic E-state index is 0.219. The fourth-order valence-electron chi connectivity index (χ4n) is 4.14. The van der Waals surface area contributed by atoms with Gasteiger partial charge >= 0.3 is 0 Å². The third kappa shape index (κ3) is 4.52. The topological polar surface area (TPSA) is 49.6 Å². The lowest BCUT2D eigenvalue weighted by molar-refractivity contribution is 0.0955. The fraction of sp³-hybridized carbons (Fsp3) is 0.280. The smallest absolute Gasteiger partial charge is 0.271 e. The van der Waals surface area contributed by atoms with Crippen LogP contribution in [0.3, 0.4) is 0 Å². The summed E-state index contributed by atoms with van der Waals surface area (Å²) in [5, 5.41) is 4.89. The number of nitrogens with one attached hydrogen (secondary N) is 1. The quantitative estimate of drug-likeness (QED) is 0.430. The van der Waals surface area contributed by atoms with Crippen LogP contribution in [0, 0.1) is 20.8 Å². The Labute approximate surface area is 188 Å². The van der Waals surface area contributed by atoms with Gasteiger partial charge in [-0.15, -0.1) is 0 Å². The molecule has 2 heterocycles. The number of anilines is 1. The lowest BCUT2D eigenvalue weighted by Crippen LogP contribution is -2.19. The summed E-state index contributed by atoms with van der Waals surface area (Å²) in [6.07, 6.45) is 4.15. The Hall–Kier alpha value is -3.05. The van der Waals surface area contributed by atoms with Crippen molar-refractivity contribution in [2.75, 3.05) is 18.0 Å². The Bertz CT molecular complexity index is 1130. The van der Waals surface area contributed by atoms with Gasteiger partial charge in [0.1, 0.15) is 0 Å². The number of halogens is 1. The Morgan fingerprint density at radius 2 is 1.74 bits per heavy atom. The van der Waals surface area contributed by atoms with Crippen molar-refractivity contribution < 1.29 is 4.79 Å². The monoisotopic (exact) mass is 434 g/mol. The molecule has 31 heavy (non-hydrogen) atoms. The molecule has 0 saturated carbocycles. The number of aryl methyl sites for hydroxylation is 2. The Kier molecular flexibility index (Phi) is 6.14. The minimum Gasteiger partial charge on any atom is -0.372 e. The summed E-state index contributed by atoms with van der Waals surface area (Å²) in [6.45, 7) is 8.32. The Morgan fingerprint density at radius 1 is 1.03 bits per heavy atom. The molecule has 1 fully saturated rings. The van der Waals surface area contributed by atoms with Gasteiger partial charge in [-0.25, -0.2) is 5.43 Å². The average molecular weight is 435 g/mol. The second-order valence-electron chi connectivity index (χ2n) is 8.03. The summed E-state index contributed by atoms with van der Waals surface area (Å²) in [5.41, 5.74) is 9.65. The van der Waals surface area contributed by atoms with E-state index >= 15 is 0 Å². The molecule has 1 aromatic heterocycles. The molecule has 5 nitrogen and oxygen atoms in total. The van der Waals surface area contributed by atoms with E-state index < -0.39 is 0 Å². The van der Waals surface area contributed by atoms with Crippen molar-refractivity contribution in [1.29, 1.82) is 0 Å². The average Bonchev–Trinajstić information content (AvgIpc) is 3.39. The van der Waals surface area contributed by atoms with Crippen LogP contribution < -0.4 is 10.3 Å². The number of carbonyl (C=O) groups excluding carboxylic acids is 1. The number of amides is 1. The minimum atomic E-state index is -0.219. The van der Waals surface area contributed by atoms with E-state index in [1.54, 1.807) is 6.21 Å². The normalized spacial score (nSPS) is 13.9. The van der Waals surface area contributed by atoms with Gasteiger partial charge in [0.25, 0.3) is 5.91 Å². The van der Waals surface area contributed by atoms with Crippen molar-refractivity contribution in [3.63, 3.8) is 0 Å². The summed E-state index contributed by atoms with van der Waals surface area (Å²) < 4.78 is 2.15. The van der Waals surface area contributed by atoms with E-state index in [2.05, 4.69) is 33.0 Å². The van der Waals surface area contributed by atoms with Gasteiger partial charge in [0.2, 0.25) is 0 Å². The summed E-state index contributed by atoms with van der Waals surface area (Å²) in [6, 6.07) is 15.6. The zero-order valence-electron chi connectivity index (χ0n) is 18.2. The maximum absolute atomic E-state index is 12.5. The van der Waals surface area contributed by atoms with Gasteiger partial charge in [-0.05, 0) is 81.6 Å². The van der Waals surface area contributed by atoms with E-state index in [4.69, 9.17) is 11.6 Å². The largest absolute Gasteiger partial charge is 0.372 e. The lowest BCUT2D eigenvalue weighted by atomic mass is 10.2. The highest BCUT2D eigenvalue weighted by Gasteiger charge is 2.14. The van der Waals surface area contributed by atoms with Crippen LogP contribution in [0.1, 0.15) is 45.7 Å². The fourth-order valence-corrected chi connectivity index (χ4v) is 4.30. The molecule has 6 heteroatoms. The number of hydrazone groups is 1. The molecular weight excluding hydrogens is 408 g/mol. The van der Waals surface area contributed by atoms with Crippen molar-refractivity contribution in [1.82, 2.24) is 9.99 Å². The molecule has 1 saturated heterocycles. The highest BCUT2D eigenvalue weighted by molar-refractivity contribution is 6.30. The zero-order valence-corrected chi connectivity index (χ0v) is 18.9. The van der Waals surface area contributed by atoms with Gasteiger partial charge < -0.3 is 9.47 Å². The molecule has 0 bridgehead atoms. The summed E-state index contributed by atoms with van der Waals surface area (Å²) >= 11 is 6.21. The molecule has 0 unspecified atom stereocenters. The van der Waals surface area contributed by atoms with Gasteiger partial charge in [-0.3, -0.25) is 4.79 Å². The van der Waals surface area contributed by atoms with Gasteiger partial charge in [-0.2, -0.15) is 5.10 Å². The van der Waals surface area contributed by atoms with Crippen molar-refractivity contribution in [2.24, 2.45) is 5.10 Å². The van der Waals surface area contributed by atoms with Gasteiger partial charge in [0.05, 0.1) is 6.21 Å². The first-order chi connectivity index (χ1) is 14.9. The predicted octanol–water partition coefficient (Wildman–Crippen LogP) is 5.42. The first-order valence-electron chi connectivity index (χ1n) is 10.6. The van der Waals surface area contributed by atoms with Crippen LogP contribution in [0.25, 0.3) is 5.69 Å². The number of rotatable bonds is 5. The lowest BCUT2D eigenvalue weighted by Gasteiger charge is -2.17. The van der Waals surface area contributed by atoms with E-state index in [9.17, 15) is 4.79 Å². The third-order valence-electron chi connectivity index (χ3n) is 5.85. The summed E-state index contributed by atoms with van der Waals surface area (Å²) in [7, 11) is 0. The van der Waals surface area contributed by atoms with Crippen LogP contribution in [0.4, 0.5) is 5.69 Å². The van der Waals surface area contributed by atoms with Gasteiger partial charge in [0.15, 0.2) is 0 Å². The molecule has 160 valence electrons. The van der Waals surface area contributed by atoms with Crippen LogP contribution in [0.5, 0.6) is 0 Å². The van der Waals surface area contributed by atoms with Crippen LogP contribution in [-0.2, 0) is 0 Å². The van der Waals surface area contributed by atoms with Crippen LogP contribution in [0.15, 0.2) is 53.6 Å². The van der Waals surface area contributed by atoms with E-state index in [1.807, 2.05) is 56.3 Å². The molecule has 3 aromatic rings. The first kappa shape index (κ1) is 21.2. The molecule has 1 aliphatic heterocycles. The number of hydrogen-bond donors (Lipinski definition) is 1. The van der Waals surface area contributed by atoms with Crippen LogP contribution in [0.2, 0.25) is 5.02 Å². The maximum Gasteiger partial charge on any atom is 0.271 e. The van der Waals surface area contributed by atoms with Gasteiger partial charge in [0, 0.05) is 52.0 Å². The molecule has 0 aliphatic carbocycles. The Morgan fingerprint density at radius 3 is 2.45 bits per heavy atom. The van der Waals surface area contributed by atoms with E-state index in [1.165, 1.54) is 18.5 Å². The highest BCUT2D eigenvalue weighted by atomic mass is 35.5. The van der Waals surface area contributed by atoms with Crippen molar-refractivity contribution in [3.05, 3.63) is 81.6 Å². The third-order valence-corrected chi connectivity index (χ3v) is 6.09. The first-order valence-corrected chi connectivity index (χ1v) is 11.0. The predicted molar refractivity (Wildman–Crippen MR) is 128 cm³/mol. The molecule has 1 N–H and O–H groups in total. The van der Waals surface area contributed by atoms with E-state index in [0.29, 0.717) is 10.6 Å². The van der Waals surface area contributed by atoms with Crippen LogP contribution >= 0.6 is 11.6 Å². The number of hydrogen-bond acceptors (Lipinski definition) is 3. The molecule has 1 amide bonds. The van der Waals surface area contributed by atoms with Crippen molar-refractivity contribution in [2.45, 2.75) is 33.6 Å². The molecule has 0 radical (unpaired) electrons.